The van der Waals surface area contributed by atoms with E-state index in [1.54, 1.807) is 6.08 Å². The second-order valence-corrected chi connectivity index (χ2v) is 14.1. The number of carbonyl (C=O) groups is 1. The van der Waals surface area contributed by atoms with Crippen LogP contribution < -0.4 is 5.32 Å². The highest BCUT2D eigenvalue weighted by atomic mass is 32.2. The average molecular weight is 656 g/mol. The predicted octanol–water partition coefficient (Wildman–Crippen LogP) is 9.15. The summed E-state index contributed by atoms with van der Waals surface area (Å²) < 4.78 is 32.3. The van der Waals surface area contributed by atoms with Crippen LogP contribution in [0.4, 0.5) is 0 Å². The van der Waals surface area contributed by atoms with E-state index in [2.05, 4.69) is 43.5 Å². The summed E-state index contributed by atoms with van der Waals surface area (Å²) in [4.78, 5) is 12.5. The van der Waals surface area contributed by atoms with Gasteiger partial charge in [-0.1, -0.05) is 153 Å². The molecule has 0 aliphatic heterocycles. The number of allylic oxidation sites excluding steroid dienone is 5. The van der Waals surface area contributed by atoms with Crippen LogP contribution in [0.15, 0.2) is 36.5 Å². The molecule has 0 saturated carbocycles. The molecule has 0 aromatic carbocycles. The average Bonchev–Trinajstić information content (AvgIpc) is 3.00. The van der Waals surface area contributed by atoms with Gasteiger partial charge in [0.15, 0.2) is 0 Å². The van der Waals surface area contributed by atoms with E-state index < -0.39 is 40.0 Å². The number of hydrogen-bond acceptors (Lipinski definition) is 5. The maximum atomic E-state index is 12.5. The van der Waals surface area contributed by atoms with Gasteiger partial charge >= 0.3 is 0 Å². The van der Waals surface area contributed by atoms with E-state index >= 15 is 0 Å². The summed E-state index contributed by atoms with van der Waals surface area (Å²) >= 11 is 0. The van der Waals surface area contributed by atoms with Crippen molar-refractivity contribution in [2.45, 2.75) is 186 Å². The van der Waals surface area contributed by atoms with Crippen molar-refractivity contribution in [3.63, 3.8) is 0 Å². The number of amides is 1. The molecular weight excluding hydrogens is 586 g/mol. The van der Waals surface area contributed by atoms with Gasteiger partial charge in [-0.05, 0) is 51.4 Å². The fourth-order valence-corrected chi connectivity index (χ4v) is 6.01. The zero-order chi connectivity index (χ0) is 33.4. The molecule has 0 bridgehead atoms. The van der Waals surface area contributed by atoms with Crippen LogP contribution in [-0.2, 0) is 14.9 Å². The Morgan fingerprint density at radius 3 is 1.53 bits per heavy atom. The minimum atomic E-state index is -4.45. The summed E-state index contributed by atoms with van der Waals surface area (Å²) in [7, 11) is -4.45. The molecule has 3 unspecified atom stereocenters. The van der Waals surface area contributed by atoms with Gasteiger partial charge < -0.3 is 15.5 Å². The van der Waals surface area contributed by atoms with Crippen molar-refractivity contribution in [3.8, 4) is 0 Å². The lowest BCUT2D eigenvalue weighted by Gasteiger charge is -2.22. The predicted molar refractivity (Wildman–Crippen MR) is 190 cm³/mol. The monoisotopic (exact) mass is 655 g/mol. The number of aliphatic hydroxyl groups excluding tert-OH is 2. The molecule has 0 fully saturated rings. The van der Waals surface area contributed by atoms with E-state index in [0.29, 0.717) is 12.8 Å². The minimum absolute atomic E-state index is 0.252. The Bertz CT molecular complexity index is 870. The third-order valence-corrected chi connectivity index (χ3v) is 8.93. The molecule has 0 heterocycles. The van der Waals surface area contributed by atoms with Crippen LogP contribution in [0.2, 0.25) is 0 Å². The maximum absolute atomic E-state index is 12.5. The van der Waals surface area contributed by atoms with Crippen molar-refractivity contribution in [3.05, 3.63) is 36.5 Å². The molecule has 4 N–H and O–H groups in total. The van der Waals surface area contributed by atoms with E-state index in [4.69, 9.17) is 0 Å². The van der Waals surface area contributed by atoms with Crippen LogP contribution in [0.1, 0.15) is 168 Å². The fraction of sp³-hybridized carbons (Fsp3) is 0.811. The second kappa shape index (κ2) is 31.1. The van der Waals surface area contributed by atoms with Gasteiger partial charge in [0.05, 0.1) is 17.9 Å². The molecule has 0 saturated heterocycles. The Balaban J connectivity index is 4.14. The van der Waals surface area contributed by atoms with Crippen LogP contribution in [0, 0.1) is 0 Å². The lowest BCUT2D eigenvalue weighted by atomic mass is 10.0. The Morgan fingerprint density at radius 1 is 0.600 bits per heavy atom. The Hall–Kier alpha value is -1.48. The van der Waals surface area contributed by atoms with Gasteiger partial charge in [-0.25, -0.2) is 0 Å². The van der Waals surface area contributed by atoms with Crippen molar-refractivity contribution in [2.24, 2.45) is 0 Å². The molecule has 0 radical (unpaired) electrons. The van der Waals surface area contributed by atoms with Crippen LogP contribution in [-0.4, -0.2) is 53.1 Å². The minimum Gasteiger partial charge on any atom is -0.387 e. The number of hydrogen-bond donors (Lipinski definition) is 4. The summed E-state index contributed by atoms with van der Waals surface area (Å²) in [6.07, 6.45) is 36.5. The zero-order valence-electron chi connectivity index (χ0n) is 28.8. The number of unbranched alkanes of at least 4 members (excludes halogenated alkanes) is 19. The SMILES string of the molecule is CCCC/C=C\CCCCCC(O)C(=O)NC(CS(=O)(=O)O)C(O)/C=C/CC/C=C/CCCCCCCCCCCCCCC. The summed E-state index contributed by atoms with van der Waals surface area (Å²) in [5.74, 6) is -1.58. The van der Waals surface area contributed by atoms with Crippen molar-refractivity contribution in [1.29, 1.82) is 0 Å². The molecule has 0 aliphatic carbocycles. The molecular formula is C37H69NO6S. The molecule has 3 atom stereocenters. The molecule has 8 heteroatoms. The largest absolute Gasteiger partial charge is 0.387 e. The van der Waals surface area contributed by atoms with E-state index in [-0.39, 0.29) is 6.42 Å². The highest BCUT2D eigenvalue weighted by Crippen LogP contribution is 2.13. The lowest BCUT2D eigenvalue weighted by molar-refractivity contribution is -0.130. The molecule has 264 valence electrons. The first-order valence-electron chi connectivity index (χ1n) is 18.3. The van der Waals surface area contributed by atoms with Gasteiger partial charge in [-0.2, -0.15) is 8.42 Å². The van der Waals surface area contributed by atoms with Gasteiger partial charge in [-0.15, -0.1) is 0 Å². The summed E-state index contributed by atoms with van der Waals surface area (Å²) in [5, 5.41) is 23.2. The van der Waals surface area contributed by atoms with Crippen molar-refractivity contribution in [1.82, 2.24) is 5.32 Å². The van der Waals surface area contributed by atoms with Crippen molar-refractivity contribution >= 4 is 16.0 Å². The molecule has 7 nitrogen and oxygen atoms in total. The van der Waals surface area contributed by atoms with Gasteiger partial charge in [0, 0.05) is 0 Å². The number of carbonyl (C=O) groups excluding carboxylic acids is 1. The molecule has 1 amide bonds. The van der Waals surface area contributed by atoms with E-state index in [1.165, 1.54) is 102 Å². The van der Waals surface area contributed by atoms with Crippen LogP contribution in [0.5, 0.6) is 0 Å². The number of rotatable bonds is 32. The van der Waals surface area contributed by atoms with Gasteiger partial charge in [0.2, 0.25) is 5.91 Å². The molecule has 0 spiro atoms. The molecule has 45 heavy (non-hydrogen) atoms. The normalized spacial score (nSPS) is 14.5. The van der Waals surface area contributed by atoms with Crippen molar-refractivity contribution < 1.29 is 28.0 Å². The van der Waals surface area contributed by atoms with Crippen molar-refractivity contribution in [2.75, 3.05) is 5.75 Å². The lowest BCUT2D eigenvalue weighted by Crippen LogP contribution is -2.50. The van der Waals surface area contributed by atoms with E-state index in [9.17, 15) is 28.0 Å². The fourth-order valence-electron chi connectivity index (χ4n) is 5.27. The van der Waals surface area contributed by atoms with Crippen LogP contribution >= 0.6 is 0 Å². The summed E-state index contributed by atoms with van der Waals surface area (Å²) in [6, 6.07) is -1.25. The highest BCUT2D eigenvalue weighted by Gasteiger charge is 2.27. The zero-order valence-corrected chi connectivity index (χ0v) is 29.7. The molecule has 0 aliphatic rings. The summed E-state index contributed by atoms with van der Waals surface area (Å²) in [6.45, 7) is 4.43. The van der Waals surface area contributed by atoms with E-state index in [0.717, 1.165) is 38.5 Å². The molecule has 0 aromatic rings. The molecule has 0 rings (SSSR count). The van der Waals surface area contributed by atoms with Crippen LogP contribution in [0.3, 0.4) is 0 Å². The van der Waals surface area contributed by atoms with Crippen LogP contribution in [0.25, 0.3) is 0 Å². The van der Waals surface area contributed by atoms with Gasteiger partial charge in [-0.3, -0.25) is 9.35 Å². The smallest absolute Gasteiger partial charge is 0.267 e. The Labute approximate surface area is 277 Å². The second-order valence-electron chi connectivity index (χ2n) is 12.6. The number of aliphatic hydroxyl groups is 2. The standard InChI is InChI=1S/C37H69NO6S/c1-3-5-7-9-11-13-14-15-16-17-18-19-20-21-22-24-25-27-29-31-35(39)34(33-45(42,43)44)38-37(41)36(40)32-30-28-26-23-12-10-8-6-4-2/h10,12,22,24,29,31,34-36,39-40H,3-9,11,13-21,23,25-28,30,32-33H2,1-2H3,(H,38,41)(H,42,43,44)/b12-10-,24-22+,31-29+. The third kappa shape index (κ3) is 30.9. The number of nitrogens with one attached hydrogen (secondary N) is 1. The maximum Gasteiger partial charge on any atom is 0.267 e. The topological polar surface area (TPSA) is 124 Å². The first-order chi connectivity index (χ1) is 21.7. The first-order valence-corrected chi connectivity index (χ1v) is 19.9. The Kier molecular flexibility index (Phi) is 30.1. The quantitative estimate of drug-likeness (QED) is 0.0326. The molecule has 0 aromatic heterocycles. The van der Waals surface area contributed by atoms with E-state index in [1.807, 2.05) is 0 Å². The Morgan fingerprint density at radius 2 is 1.02 bits per heavy atom. The highest BCUT2D eigenvalue weighted by molar-refractivity contribution is 7.85. The first kappa shape index (κ1) is 43.5. The summed E-state index contributed by atoms with van der Waals surface area (Å²) in [5.41, 5.74) is 0. The van der Waals surface area contributed by atoms with Gasteiger partial charge in [0.1, 0.15) is 6.10 Å². The third-order valence-electron chi connectivity index (χ3n) is 8.15. The van der Waals surface area contributed by atoms with Gasteiger partial charge in [0.25, 0.3) is 10.1 Å².